The Bertz CT molecular complexity index is 847. The number of benzene rings is 1. The van der Waals surface area contributed by atoms with Gasteiger partial charge >= 0.3 is 0 Å². The molecule has 2 aliphatic rings. The molecule has 1 heterocycles. The molecule has 7 heteroatoms. The van der Waals surface area contributed by atoms with Gasteiger partial charge < -0.3 is 15.5 Å². The van der Waals surface area contributed by atoms with Gasteiger partial charge in [0.05, 0.1) is 6.54 Å². The molecule has 33 heavy (non-hydrogen) atoms. The molecular formula is C26H38ClN3O3. The number of carbonyl (C=O) groups excluding carboxylic acids is 3. The summed E-state index contributed by atoms with van der Waals surface area (Å²) in [6.45, 7) is 9.43. The summed E-state index contributed by atoms with van der Waals surface area (Å²) in [7, 11) is 0. The topological polar surface area (TPSA) is 78.5 Å². The van der Waals surface area contributed by atoms with Crippen LogP contribution in [0.3, 0.4) is 0 Å². The summed E-state index contributed by atoms with van der Waals surface area (Å²) in [5, 5.41) is 6.34. The number of nitrogens with zero attached hydrogens (tertiary/aromatic N) is 1. The van der Waals surface area contributed by atoms with Crippen LogP contribution in [0.2, 0.25) is 5.02 Å². The molecule has 1 saturated heterocycles. The maximum atomic E-state index is 13.4. The summed E-state index contributed by atoms with van der Waals surface area (Å²) in [6.07, 6.45) is 4.78. The molecule has 1 saturated carbocycles. The first kappa shape index (κ1) is 25.5. The van der Waals surface area contributed by atoms with Crippen molar-refractivity contribution in [3.63, 3.8) is 0 Å². The Kier molecular flexibility index (Phi) is 8.43. The molecule has 0 bridgehead atoms. The van der Waals surface area contributed by atoms with Gasteiger partial charge in [0, 0.05) is 24.0 Å². The van der Waals surface area contributed by atoms with E-state index >= 15 is 0 Å². The quantitative estimate of drug-likeness (QED) is 0.622. The van der Waals surface area contributed by atoms with E-state index in [1.807, 2.05) is 30.9 Å². The minimum Gasteiger partial charge on any atom is -0.347 e. The van der Waals surface area contributed by atoms with Gasteiger partial charge in [-0.1, -0.05) is 64.3 Å². The lowest BCUT2D eigenvalue weighted by Crippen LogP contribution is -2.56. The van der Waals surface area contributed by atoms with E-state index in [-0.39, 0.29) is 41.5 Å². The lowest BCUT2D eigenvalue weighted by Gasteiger charge is -2.45. The molecule has 1 aliphatic heterocycles. The molecule has 2 unspecified atom stereocenters. The molecule has 6 nitrogen and oxygen atoms in total. The molecule has 182 valence electrons. The van der Waals surface area contributed by atoms with Crippen LogP contribution in [0, 0.1) is 17.3 Å². The van der Waals surface area contributed by atoms with Crippen LogP contribution in [0.1, 0.15) is 71.3 Å². The first-order valence-corrected chi connectivity index (χ1v) is 12.6. The van der Waals surface area contributed by atoms with E-state index in [1.165, 1.54) is 5.56 Å². The number of piperidine rings is 1. The second-order valence-corrected chi connectivity index (χ2v) is 11.1. The van der Waals surface area contributed by atoms with Gasteiger partial charge in [-0.05, 0) is 54.2 Å². The van der Waals surface area contributed by atoms with Crippen molar-refractivity contribution in [3.8, 4) is 0 Å². The monoisotopic (exact) mass is 475 g/mol. The van der Waals surface area contributed by atoms with Crippen LogP contribution in [0.4, 0.5) is 0 Å². The normalized spacial score (nSPS) is 21.6. The van der Waals surface area contributed by atoms with Crippen molar-refractivity contribution in [1.82, 2.24) is 15.5 Å². The molecule has 1 aromatic rings. The molecule has 2 N–H and O–H groups in total. The van der Waals surface area contributed by atoms with Crippen molar-refractivity contribution in [1.29, 1.82) is 0 Å². The van der Waals surface area contributed by atoms with Gasteiger partial charge in [0.2, 0.25) is 17.7 Å². The fourth-order valence-corrected chi connectivity index (χ4v) is 5.42. The summed E-state index contributed by atoms with van der Waals surface area (Å²) in [5.74, 6) is -0.127. The molecule has 0 spiro atoms. The molecule has 1 aliphatic carbocycles. The summed E-state index contributed by atoms with van der Waals surface area (Å²) >= 11 is 6.05. The molecule has 3 amide bonds. The Morgan fingerprint density at radius 3 is 2.30 bits per heavy atom. The summed E-state index contributed by atoms with van der Waals surface area (Å²) in [6, 6.07) is 7.37. The van der Waals surface area contributed by atoms with Crippen LogP contribution in [-0.2, 0) is 14.4 Å². The SMILES string of the molecule is CC(C)C(NC(=O)CNC(=O)C1CCCC1)C(=O)N1CCC(c2ccc(Cl)cc2)C(C)(C)C1. The molecule has 2 atom stereocenters. The molecular weight excluding hydrogens is 438 g/mol. The molecule has 3 rings (SSSR count). The minimum absolute atomic E-state index is 0.0181. The summed E-state index contributed by atoms with van der Waals surface area (Å²) < 4.78 is 0. The van der Waals surface area contributed by atoms with Crippen LogP contribution < -0.4 is 10.6 Å². The lowest BCUT2D eigenvalue weighted by atomic mass is 9.70. The van der Waals surface area contributed by atoms with Crippen LogP contribution in [0.15, 0.2) is 24.3 Å². The molecule has 1 aromatic carbocycles. The predicted octanol–water partition coefficient (Wildman–Crippen LogP) is 4.13. The summed E-state index contributed by atoms with van der Waals surface area (Å²) in [5.41, 5.74) is 1.13. The van der Waals surface area contributed by atoms with Gasteiger partial charge in [0.15, 0.2) is 0 Å². The maximum absolute atomic E-state index is 13.4. The Hall–Kier alpha value is -2.08. The third-order valence-corrected chi connectivity index (χ3v) is 7.46. The van der Waals surface area contributed by atoms with Crippen molar-refractivity contribution in [2.45, 2.75) is 71.8 Å². The van der Waals surface area contributed by atoms with Gasteiger partial charge in [-0.25, -0.2) is 0 Å². The smallest absolute Gasteiger partial charge is 0.245 e. The van der Waals surface area contributed by atoms with E-state index in [4.69, 9.17) is 11.6 Å². The van der Waals surface area contributed by atoms with Crippen LogP contribution >= 0.6 is 11.6 Å². The van der Waals surface area contributed by atoms with Gasteiger partial charge in [0.25, 0.3) is 0 Å². The van der Waals surface area contributed by atoms with Crippen molar-refractivity contribution in [2.75, 3.05) is 19.6 Å². The Balaban J connectivity index is 1.58. The number of hydrogen-bond donors (Lipinski definition) is 2. The van der Waals surface area contributed by atoms with Crippen molar-refractivity contribution < 1.29 is 14.4 Å². The second-order valence-electron chi connectivity index (χ2n) is 10.6. The molecule has 0 radical (unpaired) electrons. The Morgan fingerprint density at radius 2 is 1.73 bits per heavy atom. The Morgan fingerprint density at radius 1 is 1.09 bits per heavy atom. The first-order valence-electron chi connectivity index (χ1n) is 12.2. The largest absolute Gasteiger partial charge is 0.347 e. The maximum Gasteiger partial charge on any atom is 0.245 e. The number of halogens is 1. The highest BCUT2D eigenvalue weighted by Crippen LogP contribution is 2.42. The standard InChI is InChI=1S/C26H38ClN3O3/c1-17(2)23(29-22(31)15-28-24(32)19-7-5-6-8-19)25(33)30-14-13-21(26(3,4)16-30)18-9-11-20(27)12-10-18/h9-12,17,19,21,23H,5-8,13-16H2,1-4H3,(H,28,32)(H,29,31). The van der Waals surface area contributed by atoms with E-state index in [1.54, 1.807) is 0 Å². The van der Waals surface area contributed by atoms with E-state index in [2.05, 4.69) is 36.6 Å². The fourth-order valence-electron chi connectivity index (χ4n) is 5.29. The third-order valence-electron chi connectivity index (χ3n) is 7.21. The highest BCUT2D eigenvalue weighted by Gasteiger charge is 2.40. The highest BCUT2D eigenvalue weighted by atomic mass is 35.5. The second kappa shape index (κ2) is 10.9. The number of likely N-dealkylation sites (tertiary alicyclic amines) is 1. The van der Waals surface area contributed by atoms with Crippen molar-refractivity contribution in [2.24, 2.45) is 17.3 Å². The predicted molar refractivity (Wildman–Crippen MR) is 131 cm³/mol. The molecule has 0 aromatic heterocycles. The van der Waals surface area contributed by atoms with E-state index in [0.717, 1.165) is 37.1 Å². The number of amides is 3. The first-order chi connectivity index (χ1) is 15.6. The minimum atomic E-state index is -0.608. The van der Waals surface area contributed by atoms with Crippen molar-refractivity contribution in [3.05, 3.63) is 34.9 Å². The van der Waals surface area contributed by atoms with Crippen LogP contribution in [0.25, 0.3) is 0 Å². The lowest BCUT2D eigenvalue weighted by molar-refractivity contribution is -0.140. The van der Waals surface area contributed by atoms with Gasteiger partial charge in [-0.3, -0.25) is 14.4 Å². The average Bonchev–Trinajstić information content (AvgIpc) is 3.30. The van der Waals surface area contributed by atoms with Crippen molar-refractivity contribution >= 4 is 29.3 Å². The number of nitrogens with one attached hydrogen (secondary N) is 2. The average molecular weight is 476 g/mol. The zero-order valence-electron chi connectivity index (χ0n) is 20.3. The number of carbonyl (C=O) groups is 3. The third kappa shape index (κ3) is 6.50. The van der Waals surface area contributed by atoms with Crippen LogP contribution in [0.5, 0.6) is 0 Å². The number of hydrogen-bond acceptors (Lipinski definition) is 3. The van der Waals surface area contributed by atoms with Gasteiger partial charge in [-0.15, -0.1) is 0 Å². The number of rotatable bonds is 7. The zero-order chi connectivity index (χ0) is 24.2. The van der Waals surface area contributed by atoms with E-state index in [0.29, 0.717) is 19.0 Å². The summed E-state index contributed by atoms with van der Waals surface area (Å²) in [4.78, 5) is 40.1. The Labute approximate surface area is 202 Å². The fraction of sp³-hybridized carbons (Fsp3) is 0.654. The zero-order valence-corrected chi connectivity index (χ0v) is 21.1. The van der Waals surface area contributed by atoms with Crippen LogP contribution in [-0.4, -0.2) is 48.3 Å². The highest BCUT2D eigenvalue weighted by molar-refractivity contribution is 6.30. The van der Waals surface area contributed by atoms with E-state index < -0.39 is 6.04 Å². The molecule has 2 fully saturated rings. The van der Waals surface area contributed by atoms with Gasteiger partial charge in [-0.2, -0.15) is 0 Å². The van der Waals surface area contributed by atoms with E-state index in [9.17, 15) is 14.4 Å². The van der Waals surface area contributed by atoms with Gasteiger partial charge in [0.1, 0.15) is 6.04 Å².